The van der Waals surface area contributed by atoms with E-state index in [1.54, 1.807) is 6.20 Å². The van der Waals surface area contributed by atoms with Crippen LogP contribution in [0.25, 0.3) is 21.1 Å². The predicted octanol–water partition coefficient (Wildman–Crippen LogP) is 4.95. The second-order valence-corrected chi connectivity index (χ2v) is 7.37. The first kappa shape index (κ1) is 16.8. The number of para-hydroxylation sites is 1. The number of pyridine rings is 2. The number of rotatable bonds is 2. The van der Waals surface area contributed by atoms with Crippen LogP contribution >= 0.6 is 22.9 Å². The number of nitrogens with zero attached hydrogens (tertiary/aromatic N) is 2. The predicted molar refractivity (Wildman–Crippen MR) is 108 cm³/mol. The number of halogens is 1. The van der Waals surface area contributed by atoms with Gasteiger partial charge in [-0.3, -0.25) is 9.78 Å². The normalized spacial score (nSPS) is 11.2. The van der Waals surface area contributed by atoms with Crippen LogP contribution in [0.1, 0.15) is 20.9 Å². The molecule has 7 heteroatoms. The van der Waals surface area contributed by atoms with Gasteiger partial charge in [-0.25, -0.2) is 4.98 Å². The van der Waals surface area contributed by atoms with Crippen molar-refractivity contribution in [3.63, 3.8) is 0 Å². The zero-order chi connectivity index (χ0) is 18.4. The quantitative estimate of drug-likeness (QED) is 0.514. The number of aromatic nitrogens is 2. The van der Waals surface area contributed by atoms with Gasteiger partial charge in [0.2, 0.25) is 0 Å². The molecule has 3 heterocycles. The summed E-state index contributed by atoms with van der Waals surface area (Å²) in [4.78, 5) is 22.8. The Morgan fingerprint density at radius 3 is 2.81 bits per heavy atom. The first-order valence-corrected chi connectivity index (χ1v) is 9.16. The molecule has 4 rings (SSSR count). The number of nitrogens with one attached hydrogen (secondary N) is 1. The van der Waals surface area contributed by atoms with E-state index in [1.807, 2.05) is 44.2 Å². The van der Waals surface area contributed by atoms with Crippen LogP contribution in [0.4, 0.5) is 11.4 Å². The lowest BCUT2D eigenvalue weighted by Gasteiger charge is -2.07. The van der Waals surface area contributed by atoms with E-state index in [2.05, 4.69) is 15.3 Å². The second-order valence-electron chi connectivity index (χ2n) is 6.00. The average molecular weight is 383 g/mol. The van der Waals surface area contributed by atoms with Gasteiger partial charge < -0.3 is 11.1 Å². The monoisotopic (exact) mass is 382 g/mol. The molecule has 0 radical (unpaired) electrons. The van der Waals surface area contributed by atoms with E-state index >= 15 is 0 Å². The zero-order valence-corrected chi connectivity index (χ0v) is 15.7. The minimum Gasteiger partial charge on any atom is -0.397 e. The second kappa shape index (κ2) is 6.23. The Morgan fingerprint density at radius 2 is 2.00 bits per heavy atom. The fourth-order valence-corrected chi connectivity index (χ4v) is 4.24. The molecular formula is C19H15ClN4OS. The van der Waals surface area contributed by atoms with Gasteiger partial charge in [0.1, 0.15) is 9.71 Å². The van der Waals surface area contributed by atoms with Crippen molar-refractivity contribution >= 4 is 61.3 Å². The van der Waals surface area contributed by atoms with Crippen LogP contribution in [0.15, 0.2) is 36.5 Å². The number of thiophene rings is 1. The van der Waals surface area contributed by atoms with Gasteiger partial charge in [-0.05, 0) is 31.5 Å². The number of anilines is 2. The van der Waals surface area contributed by atoms with Crippen molar-refractivity contribution in [1.29, 1.82) is 0 Å². The maximum Gasteiger partial charge on any atom is 0.268 e. The minimum atomic E-state index is -0.281. The number of nitrogen functional groups attached to an aromatic ring is 1. The molecule has 0 saturated heterocycles. The van der Waals surface area contributed by atoms with Gasteiger partial charge in [0.05, 0.1) is 27.6 Å². The van der Waals surface area contributed by atoms with Crippen LogP contribution in [0, 0.1) is 13.8 Å². The van der Waals surface area contributed by atoms with Gasteiger partial charge in [0, 0.05) is 17.0 Å². The Hall–Kier alpha value is -2.70. The lowest BCUT2D eigenvalue weighted by atomic mass is 10.1. The van der Waals surface area contributed by atoms with E-state index in [1.165, 1.54) is 11.3 Å². The van der Waals surface area contributed by atoms with Crippen molar-refractivity contribution in [1.82, 2.24) is 9.97 Å². The molecule has 4 aromatic rings. The molecule has 26 heavy (non-hydrogen) atoms. The standard InChI is InChI=1S/C19H15ClN4OS/c1-9-13-15(21)17(26-19(13)23-10(2)14(9)20)18(25)24-12-7-3-5-11-6-4-8-22-16(11)12/h3-8H,21H2,1-2H3,(H,24,25). The molecule has 0 atom stereocenters. The first-order chi connectivity index (χ1) is 12.5. The third kappa shape index (κ3) is 2.58. The van der Waals surface area contributed by atoms with Gasteiger partial charge in [-0.15, -0.1) is 11.3 Å². The molecule has 0 aliphatic heterocycles. The number of fused-ring (bicyclic) bond motifs is 2. The molecule has 3 aromatic heterocycles. The number of benzene rings is 1. The number of carbonyl (C=O) groups excluding carboxylic acids is 1. The lowest BCUT2D eigenvalue weighted by Crippen LogP contribution is -2.12. The Morgan fingerprint density at radius 1 is 1.23 bits per heavy atom. The number of amides is 1. The summed E-state index contributed by atoms with van der Waals surface area (Å²) >= 11 is 7.56. The minimum absolute atomic E-state index is 0.281. The largest absolute Gasteiger partial charge is 0.397 e. The van der Waals surface area contributed by atoms with E-state index in [9.17, 15) is 4.79 Å². The fraction of sp³-hybridized carbons (Fsp3) is 0.105. The SMILES string of the molecule is Cc1nc2sc(C(=O)Nc3cccc4cccnc34)c(N)c2c(C)c1Cl. The van der Waals surface area contributed by atoms with Crippen molar-refractivity contribution in [3.05, 3.63) is 57.7 Å². The molecule has 3 N–H and O–H groups in total. The zero-order valence-electron chi connectivity index (χ0n) is 14.1. The average Bonchev–Trinajstić information content (AvgIpc) is 2.96. The van der Waals surface area contributed by atoms with Crippen molar-refractivity contribution < 1.29 is 4.79 Å². The highest BCUT2D eigenvalue weighted by atomic mass is 35.5. The molecule has 0 bridgehead atoms. The third-order valence-electron chi connectivity index (χ3n) is 4.30. The van der Waals surface area contributed by atoms with Crippen molar-refractivity contribution in [2.45, 2.75) is 13.8 Å². The number of hydrogen-bond donors (Lipinski definition) is 2. The van der Waals surface area contributed by atoms with Crippen LogP contribution in [0.5, 0.6) is 0 Å². The first-order valence-electron chi connectivity index (χ1n) is 7.97. The summed E-state index contributed by atoms with van der Waals surface area (Å²) in [6.07, 6.45) is 1.70. The topological polar surface area (TPSA) is 80.9 Å². The third-order valence-corrected chi connectivity index (χ3v) is 5.96. The van der Waals surface area contributed by atoms with Crippen LogP contribution in [-0.4, -0.2) is 15.9 Å². The van der Waals surface area contributed by atoms with Gasteiger partial charge in [-0.2, -0.15) is 0 Å². The molecule has 130 valence electrons. The van der Waals surface area contributed by atoms with Crippen molar-refractivity contribution in [3.8, 4) is 0 Å². The van der Waals surface area contributed by atoms with E-state index < -0.39 is 0 Å². The summed E-state index contributed by atoms with van der Waals surface area (Å²) in [7, 11) is 0. The van der Waals surface area contributed by atoms with Crippen LogP contribution in [0.2, 0.25) is 5.02 Å². The van der Waals surface area contributed by atoms with E-state index in [4.69, 9.17) is 17.3 Å². The fourth-order valence-electron chi connectivity index (χ4n) is 3.01. The molecule has 0 aliphatic carbocycles. The van der Waals surface area contributed by atoms with Gasteiger partial charge in [-0.1, -0.05) is 29.8 Å². The maximum absolute atomic E-state index is 12.9. The molecule has 0 saturated carbocycles. The maximum atomic E-state index is 12.9. The van der Waals surface area contributed by atoms with Gasteiger partial charge in [0.25, 0.3) is 5.91 Å². The lowest BCUT2D eigenvalue weighted by molar-refractivity contribution is 0.103. The summed E-state index contributed by atoms with van der Waals surface area (Å²) in [5.41, 5.74) is 9.61. The number of hydrogen-bond acceptors (Lipinski definition) is 5. The summed E-state index contributed by atoms with van der Waals surface area (Å²) < 4.78 is 0. The number of aryl methyl sites for hydroxylation is 2. The van der Waals surface area contributed by atoms with Crippen LogP contribution in [-0.2, 0) is 0 Å². The number of nitrogens with two attached hydrogens (primary N) is 1. The Kier molecular flexibility index (Phi) is 4.01. The molecule has 0 aliphatic rings. The van der Waals surface area contributed by atoms with E-state index in [0.717, 1.165) is 27.5 Å². The molecule has 0 fully saturated rings. The smallest absolute Gasteiger partial charge is 0.268 e. The molecular weight excluding hydrogens is 368 g/mol. The van der Waals surface area contributed by atoms with Crippen LogP contribution in [0.3, 0.4) is 0 Å². The highest BCUT2D eigenvalue weighted by Gasteiger charge is 2.21. The summed E-state index contributed by atoms with van der Waals surface area (Å²) in [6, 6.07) is 9.45. The Bertz CT molecular complexity index is 1180. The highest BCUT2D eigenvalue weighted by molar-refractivity contribution is 7.21. The van der Waals surface area contributed by atoms with Crippen LogP contribution < -0.4 is 11.1 Å². The van der Waals surface area contributed by atoms with E-state index in [0.29, 0.717) is 26.1 Å². The molecule has 0 unspecified atom stereocenters. The summed E-state index contributed by atoms with van der Waals surface area (Å²) in [5, 5.41) is 5.19. The Labute approximate surface area is 158 Å². The van der Waals surface area contributed by atoms with Gasteiger partial charge in [0.15, 0.2) is 0 Å². The number of carbonyl (C=O) groups is 1. The molecule has 1 amide bonds. The van der Waals surface area contributed by atoms with E-state index in [-0.39, 0.29) is 5.91 Å². The highest BCUT2D eigenvalue weighted by Crippen LogP contribution is 2.38. The summed E-state index contributed by atoms with van der Waals surface area (Å²) in [5.74, 6) is -0.281. The van der Waals surface area contributed by atoms with Crippen molar-refractivity contribution in [2.75, 3.05) is 11.1 Å². The van der Waals surface area contributed by atoms with Crippen molar-refractivity contribution in [2.24, 2.45) is 0 Å². The molecule has 1 aromatic carbocycles. The van der Waals surface area contributed by atoms with Gasteiger partial charge >= 0.3 is 0 Å². The summed E-state index contributed by atoms with van der Waals surface area (Å²) in [6.45, 7) is 3.73. The molecule has 5 nitrogen and oxygen atoms in total. The molecule has 0 spiro atoms. The Balaban J connectivity index is 1.79.